The highest BCUT2D eigenvalue weighted by molar-refractivity contribution is 7.89. The summed E-state index contributed by atoms with van der Waals surface area (Å²) in [5, 5.41) is 4.07. The van der Waals surface area contributed by atoms with Crippen molar-refractivity contribution < 1.29 is 21.6 Å². The Morgan fingerprint density at radius 1 is 0.932 bits per heavy atom. The third-order valence-corrected chi connectivity index (χ3v) is 11.5. The molecular formula is C32H39N5O5S2. The van der Waals surface area contributed by atoms with Crippen LogP contribution in [0.15, 0.2) is 77.8 Å². The molecule has 0 unspecified atom stereocenters. The SMILES string of the molecule is Cc1ccc(S(=O)(=O)NCCNCCS(=O)(=O)N2CCC(c3c[nH]c4c(CC(N)=O)cc(-c5ccccc5)cc34)CC2)cc1. The Hall–Kier alpha value is -3.55. The zero-order valence-corrected chi connectivity index (χ0v) is 26.4. The Labute approximate surface area is 259 Å². The largest absolute Gasteiger partial charge is 0.369 e. The van der Waals surface area contributed by atoms with Gasteiger partial charge in [-0.2, -0.15) is 0 Å². The van der Waals surface area contributed by atoms with Crippen molar-refractivity contribution in [2.24, 2.45) is 5.73 Å². The van der Waals surface area contributed by atoms with E-state index in [4.69, 9.17) is 5.73 Å². The van der Waals surface area contributed by atoms with E-state index in [9.17, 15) is 21.6 Å². The number of nitrogens with one attached hydrogen (secondary N) is 3. The van der Waals surface area contributed by atoms with Crippen LogP contribution in [-0.2, 0) is 31.3 Å². The lowest BCUT2D eigenvalue weighted by molar-refractivity contribution is -0.117. The molecule has 0 spiro atoms. The molecule has 1 aromatic heterocycles. The van der Waals surface area contributed by atoms with Crippen molar-refractivity contribution in [3.05, 3.63) is 89.6 Å². The van der Waals surface area contributed by atoms with Gasteiger partial charge in [0.05, 0.1) is 17.1 Å². The molecule has 5 N–H and O–H groups in total. The molecule has 0 saturated carbocycles. The molecule has 0 aliphatic carbocycles. The first-order valence-electron chi connectivity index (χ1n) is 14.8. The number of carbonyl (C=O) groups excluding carboxylic acids is 1. The fourth-order valence-corrected chi connectivity index (χ4v) is 8.22. The van der Waals surface area contributed by atoms with Crippen LogP contribution < -0.4 is 15.8 Å². The molecule has 1 saturated heterocycles. The minimum Gasteiger partial charge on any atom is -0.369 e. The topological polar surface area (TPSA) is 154 Å². The number of hydrogen-bond donors (Lipinski definition) is 4. The second kappa shape index (κ2) is 13.6. The van der Waals surface area contributed by atoms with Crippen LogP contribution in [-0.4, -0.2) is 70.5 Å². The second-order valence-corrected chi connectivity index (χ2v) is 15.1. The van der Waals surface area contributed by atoms with Crippen molar-refractivity contribution >= 4 is 36.9 Å². The van der Waals surface area contributed by atoms with Crippen molar-refractivity contribution in [3.8, 4) is 11.1 Å². The lowest BCUT2D eigenvalue weighted by Crippen LogP contribution is -2.41. The Bertz CT molecular complexity index is 1810. The first-order valence-corrected chi connectivity index (χ1v) is 17.9. The number of H-pyrrole nitrogens is 1. The number of primary amides is 1. The summed E-state index contributed by atoms with van der Waals surface area (Å²) in [5.41, 5.74) is 11.4. The lowest BCUT2D eigenvalue weighted by Gasteiger charge is -2.31. The second-order valence-electron chi connectivity index (χ2n) is 11.3. The number of carbonyl (C=O) groups is 1. The number of sulfonamides is 2. The summed E-state index contributed by atoms with van der Waals surface area (Å²) in [6.07, 6.45) is 3.47. The Kier molecular flexibility index (Phi) is 9.86. The number of nitrogens with zero attached hydrogens (tertiary/aromatic N) is 1. The summed E-state index contributed by atoms with van der Waals surface area (Å²) in [6, 6.07) is 20.7. The number of piperidine rings is 1. The molecule has 10 nitrogen and oxygen atoms in total. The zero-order valence-electron chi connectivity index (χ0n) is 24.8. The summed E-state index contributed by atoms with van der Waals surface area (Å²) >= 11 is 0. The maximum atomic E-state index is 13.1. The van der Waals surface area contributed by atoms with Crippen LogP contribution in [0.5, 0.6) is 0 Å². The number of aryl methyl sites for hydroxylation is 1. The fraction of sp³-hybridized carbons (Fsp3) is 0.344. The molecule has 234 valence electrons. The lowest BCUT2D eigenvalue weighted by atomic mass is 9.88. The summed E-state index contributed by atoms with van der Waals surface area (Å²) < 4.78 is 55.0. The average Bonchev–Trinajstić information content (AvgIpc) is 3.44. The number of benzene rings is 3. The van der Waals surface area contributed by atoms with E-state index in [2.05, 4.69) is 21.1 Å². The number of nitrogens with two attached hydrogens (primary N) is 1. The number of hydrogen-bond acceptors (Lipinski definition) is 6. The molecule has 4 aromatic rings. The molecule has 0 atom stereocenters. The molecule has 1 amide bonds. The van der Waals surface area contributed by atoms with Gasteiger partial charge in [0.15, 0.2) is 0 Å². The molecule has 44 heavy (non-hydrogen) atoms. The van der Waals surface area contributed by atoms with Gasteiger partial charge >= 0.3 is 0 Å². The minimum absolute atomic E-state index is 0.0631. The summed E-state index contributed by atoms with van der Waals surface area (Å²) in [4.78, 5) is 15.4. The van der Waals surface area contributed by atoms with E-state index in [1.807, 2.05) is 49.5 Å². The molecule has 1 aliphatic rings. The Morgan fingerprint density at radius 2 is 1.64 bits per heavy atom. The molecule has 1 aliphatic heterocycles. The molecular weight excluding hydrogens is 599 g/mol. The Balaban J connectivity index is 1.16. The molecule has 12 heteroatoms. The van der Waals surface area contributed by atoms with Gasteiger partial charge in [-0.25, -0.2) is 25.9 Å². The van der Waals surface area contributed by atoms with Crippen LogP contribution in [0.3, 0.4) is 0 Å². The number of fused-ring (bicyclic) bond motifs is 1. The molecule has 3 aromatic carbocycles. The minimum atomic E-state index is -3.61. The molecule has 0 radical (unpaired) electrons. The smallest absolute Gasteiger partial charge is 0.240 e. The van der Waals surface area contributed by atoms with Gasteiger partial charge in [0.2, 0.25) is 26.0 Å². The van der Waals surface area contributed by atoms with E-state index in [-0.39, 0.29) is 36.1 Å². The van der Waals surface area contributed by atoms with Crippen LogP contribution in [0.25, 0.3) is 22.0 Å². The zero-order chi connectivity index (χ0) is 31.3. The van der Waals surface area contributed by atoms with Gasteiger partial charge < -0.3 is 16.0 Å². The predicted molar refractivity (Wildman–Crippen MR) is 173 cm³/mol. The number of rotatable bonds is 13. The molecule has 5 rings (SSSR count). The van der Waals surface area contributed by atoms with Gasteiger partial charge in [-0.1, -0.05) is 48.0 Å². The van der Waals surface area contributed by atoms with Crippen LogP contribution in [0.4, 0.5) is 0 Å². The highest BCUT2D eigenvalue weighted by Gasteiger charge is 2.30. The number of amides is 1. The van der Waals surface area contributed by atoms with E-state index < -0.39 is 26.0 Å². The van der Waals surface area contributed by atoms with E-state index >= 15 is 0 Å². The van der Waals surface area contributed by atoms with E-state index in [1.54, 1.807) is 28.6 Å². The summed E-state index contributed by atoms with van der Waals surface area (Å²) in [7, 11) is -7.08. The van der Waals surface area contributed by atoms with Gasteiger partial charge in [-0.3, -0.25) is 4.79 Å². The van der Waals surface area contributed by atoms with Crippen LogP contribution >= 0.6 is 0 Å². The number of aromatic amines is 1. The standard InChI is InChI=1S/C32H39N5O5S2/c1-23-7-9-28(10-8-23)44(41,42)36-14-13-34-15-18-43(39,40)37-16-11-25(12-17-37)30-22-35-32-27(21-31(33)38)19-26(20-29(30)32)24-5-3-2-4-6-24/h2-10,19-20,22,25,34-36H,11-18,21H2,1H3,(H2,33,38). The molecule has 2 heterocycles. The van der Waals surface area contributed by atoms with Gasteiger partial charge in [0.1, 0.15) is 0 Å². The van der Waals surface area contributed by atoms with Crippen molar-refractivity contribution in [3.63, 3.8) is 0 Å². The monoisotopic (exact) mass is 637 g/mol. The van der Waals surface area contributed by atoms with Crippen LogP contribution in [0.1, 0.15) is 35.4 Å². The highest BCUT2D eigenvalue weighted by Crippen LogP contribution is 2.37. The van der Waals surface area contributed by atoms with Gasteiger partial charge in [-0.05, 0) is 72.2 Å². The van der Waals surface area contributed by atoms with E-state index in [0.717, 1.165) is 38.7 Å². The first kappa shape index (κ1) is 31.9. The molecule has 1 fully saturated rings. The average molecular weight is 638 g/mol. The summed E-state index contributed by atoms with van der Waals surface area (Å²) in [5.74, 6) is -0.293. The van der Waals surface area contributed by atoms with Crippen molar-refractivity contribution in [2.45, 2.75) is 37.0 Å². The molecule has 0 bridgehead atoms. The quantitative estimate of drug-likeness (QED) is 0.165. The predicted octanol–water partition coefficient (Wildman–Crippen LogP) is 3.25. The van der Waals surface area contributed by atoms with Gasteiger partial charge in [0.25, 0.3) is 0 Å². The number of aromatic nitrogens is 1. The maximum absolute atomic E-state index is 13.1. The summed E-state index contributed by atoms with van der Waals surface area (Å²) in [6.45, 7) is 3.41. The first-order chi connectivity index (χ1) is 21.0. The van der Waals surface area contributed by atoms with Crippen LogP contribution in [0.2, 0.25) is 0 Å². The third-order valence-electron chi connectivity index (χ3n) is 8.12. The van der Waals surface area contributed by atoms with E-state index in [1.165, 1.54) is 0 Å². The van der Waals surface area contributed by atoms with Crippen LogP contribution in [0, 0.1) is 6.92 Å². The van der Waals surface area contributed by atoms with E-state index in [0.29, 0.717) is 32.5 Å². The maximum Gasteiger partial charge on any atom is 0.240 e. The van der Waals surface area contributed by atoms with Gasteiger partial charge in [-0.15, -0.1) is 0 Å². The van der Waals surface area contributed by atoms with Crippen molar-refractivity contribution in [1.82, 2.24) is 19.3 Å². The fourth-order valence-electron chi connectivity index (χ4n) is 5.76. The third kappa shape index (κ3) is 7.56. The highest BCUT2D eigenvalue weighted by atomic mass is 32.2. The van der Waals surface area contributed by atoms with Crippen molar-refractivity contribution in [1.29, 1.82) is 0 Å². The Morgan fingerprint density at radius 3 is 2.32 bits per heavy atom. The van der Waals surface area contributed by atoms with Gasteiger partial charge in [0, 0.05) is 49.8 Å². The van der Waals surface area contributed by atoms with Crippen molar-refractivity contribution in [2.75, 3.05) is 38.5 Å². The normalized spacial score (nSPS) is 15.1.